The number of carbonyl (C=O) groups excluding carboxylic acids is 1. The standard InChI is InChI=1S/C12H16N2O2/c1-2-7-13-12(16)14-8-10-3-5-11(9-15)6-4-10/h2-7,15H,8-9H2,1H3,(H2,13,14,16)/b7-2+. The largest absolute Gasteiger partial charge is 0.392 e. The number of hydrogen-bond acceptors (Lipinski definition) is 2. The van der Waals surface area contributed by atoms with Crippen molar-refractivity contribution in [2.24, 2.45) is 0 Å². The van der Waals surface area contributed by atoms with Gasteiger partial charge in [-0.3, -0.25) is 0 Å². The highest BCUT2D eigenvalue weighted by Crippen LogP contribution is 2.03. The molecule has 0 bridgehead atoms. The maximum atomic E-state index is 11.2. The second-order valence-corrected chi connectivity index (χ2v) is 3.30. The number of rotatable bonds is 4. The lowest BCUT2D eigenvalue weighted by atomic mass is 10.1. The summed E-state index contributed by atoms with van der Waals surface area (Å²) in [7, 11) is 0. The van der Waals surface area contributed by atoms with Crippen molar-refractivity contribution in [3.63, 3.8) is 0 Å². The van der Waals surface area contributed by atoms with Gasteiger partial charge in [-0.15, -0.1) is 0 Å². The average Bonchev–Trinajstić information content (AvgIpc) is 2.34. The first kappa shape index (κ1) is 12.3. The van der Waals surface area contributed by atoms with Crippen LogP contribution in [-0.2, 0) is 13.2 Å². The number of benzene rings is 1. The van der Waals surface area contributed by atoms with Crippen molar-refractivity contribution in [1.82, 2.24) is 10.6 Å². The topological polar surface area (TPSA) is 61.4 Å². The summed E-state index contributed by atoms with van der Waals surface area (Å²) in [6, 6.07) is 7.19. The zero-order chi connectivity index (χ0) is 11.8. The molecular formula is C12H16N2O2. The molecule has 0 saturated carbocycles. The van der Waals surface area contributed by atoms with Gasteiger partial charge in [0.05, 0.1) is 6.61 Å². The maximum Gasteiger partial charge on any atom is 0.319 e. The Hall–Kier alpha value is -1.81. The van der Waals surface area contributed by atoms with Crippen LogP contribution in [0, 0.1) is 0 Å². The lowest BCUT2D eigenvalue weighted by Crippen LogP contribution is -2.31. The fourth-order valence-corrected chi connectivity index (χ4v) is 1.15. The molecular weight excluding hydrogens is 204 g/mol. The van der Waals surface area contributed by atoms with Crippen molar-refractivity contribution in [2.45, 2.75) is 20.1 Å². The van der Waals surface area contributed by atoms with Gasteiger partial charge < -0.3 is 15.7 Å². The Kier molecular flexibility index (Phi) is 5.08. The van der Waals surface area contributed by atoms with Crippen molar-refractivity contribution in [2.75, 3.05) is 0 Å². The van der Waals surface area contributed by atoms with Crippen molar-refractivity contribution in [1.29, 1.82) is 0 Å². The van der Waals surface area contributed by atoms with Gasteiger partial charge in [-0.05, 0) is 18.1 Å². The molecule has 0 saturated heterocycles. The predicted octanol–water partition coefficient (Wildman–Crippen LogP) is 1.51. The van der Waals surface area contributed by atoms with Crippen molar-refractivity contribution < 1.29 is 9.90 Å². The minimum atomic E-state index is -0.232. The monoisotopic (exact) mass is 220 g/mol. The molecule has 0 spiro atoms. The summed E-state index contributed by atoms with van der Waals surface area (Å²) in [5.74, 6) is 0. The summed E-state index contributed by atoms with van der Waals surface area (Å²) >= 11 is 0. The number of hydrogen-bond donors (Lipinski definition) is 3. The fraction of sp³-hybridized carbons (Fsp3) is 0.250. The molecule has 0 unspecified atom stereocenters. The molecule has 16 heavy (non-hydrogen) atoms. The fourth-order valence-electron chi connectivity index (χ4n) is 1.15. The van der Waals surface area contributed by atoms with E-state index < -0.39 is 0 Å². The Morgan fingerprint density at radius 3 is 2.50 bits per heavy atom. The van der Waals surface area contributed by atoms with E-state index in [0.29, 0.717) is 6.54 Å². The van der Waals surface area contributed by atoms with Gasteiger partial charge in [0.15, 0.2) is 0 Å². The van der Waals surface area contributed by atoms with E-state index in [1.54, 1.807) is 12.3 Å². The minimum absolute atomic E-state index is 0.0372. The van der Waals surface area contributed by atoms with Crippen LogP contribution in [0.4, 0.5) is 4.79 Å². The van der Waals surface area contributed by atoms with Gasteiger partial charge in [0, 0.05) is 12.7 Å². The van der Waals surface area contributed by atoms with Gasteiger partial charge in [0.1, 0.15) is 0 Å². The zero-order valence-corrected chi connectivity index (χ0v) is 9.23. The third kappa shape index (κ3) is 4.14. The van der Waals surface area contributed by atoms with Crippen LogP contribution in [0.3, 0.4) is 0 Å². The third-order valence-corrected chi connectivity index (χ3v) is 2.04. The highest BCUT2D eigenvalue weighted by atomic mass is 16.3. The molecule has 0 aromatic heterocycles. The molecule has 0 atom stereocenters. The van der Waals surface area contributed by atoms with Crippen LogP contribution in [-0.4, -0.2) is 11.1 Å². The van der Waals surface area contributed by atoms with Crippen LogP contribution in [0.1, 0.15) is 18.1 Å². The summed E-state index contributed by atoms with van der Waals surface area (Å²) in [6.07, 6.45) is 3.32. The smallest absolute Gasteiger partial charge is 0.319 e. The molecule has 0 aliphatic heterocycles. The van der Waals surface area contributed by atoms with Crippen LogP contribution < -0.4 is 10.6 Å². The van der Waals surface area contributed by atoms with E-state index in [1.807, 2.05) is 31.2 Å². The Balaban J connectivity index is 2.39. The van der Waals surface area contributed by atoms with Gasteiger partial charge in [0.25, 0.3) is 0 Å². The van der Waals surface area contributed by atoms with Gasteiger partial charge in [-0.25, -0.2) is 4.79 Å². The quantitative estimate of drug-likeness (QED) is 0.720. The van der Waals surface area contributed by atoms with E-state index in [4.69, 9.17) is 5.11 Å². The normalized spacial score (nSPS) is 10.4. The van der Waals surface area contributed by atoms with E-state index in [0.717, 1.165) is 11.1 Å². The summed E-state index contributed by atoms with van der Waals surface area (Å²) in [5.41, 5.74) is 1.86. The number of carbonyl (C=O) groups is 1. The number of urea groups is 1. The Labute approximate surface area is 95.0 Å². The first-order chi connectivity index (χ1) is 7.76. The van der Waals surface area contributed by atoms with Crippen molar-refractivity contribution in [3.05, 3.63) is 47.7 Å². The van der Waals surface area contributed by atoms with E-state index in [-0.39, 0.29) is 12.6 Å². The van der Waals surface area contributed by atoms with Gasteiger partial charge in [-0.1, -0.05) is 30.3 Å². The number of aliphatic hydroxyl groups is 1. The van der Waals surface area contributed by atoms with Crippen LogP contribution >= 0.6 is 0 Å². The SMILES string of the molecule is C/C=C/NC(=O)NCc1ccc(CO)cc1. The van der Waals surface area contributed by atoms with E-state index in [2.05, 4.69) is 10.6 Å². The molecule has 0 fully saturated rings. The van der Waals surface area contributed by atoms with Gasteiger partial charge in [-0.2, -0.15) is 0 Å². The van der Waals surface area contributed by atoms with Crippen LogP contribution in [0.2, 0.25) is 0 Å². The predicted molar refractivity (Wildman–Crippen MR) is 62.6 cm³/mol. The lowest BCUT2D eigenvalue weighted by molar-refractivity contribution is 0.243. The number of aliphatic hydroxyl groups excluding tert-OH is 1. The highest BCUT2D eigenvalue weighted by molar-refractivity contribution is 5.74. The molecule has 1 aromatic rings. The number of allylic oxidation sites excluding steroid dienone is 1. The number of amides is 2. The molecule has 4 heteroatoms. The Bertz CT molecular complexity index is 358. The van der Waals surface area contributed by atoms with Crippen LogP contribution in [0.15, 0.2) is 36.5 Å². The van der Waals surface area contributed by atoms with Crippen LogP contribution in [0.25, 0.3) is 0 Å². The maximum absolute atomic E-state index is 11.2. The van der Waals surface area contributed by atoms with E-state index in [9.17, 15) is 4.79 Å². The molecule has 0 heterocycles. The molecule has 1 rings (SSSR count). The van der Waals surface area contributed by atoms with Crippen molar-refractivity contribution in [3.8, 4) is 0 Å². The molecule has 2 amide bonds. The summed E-state index contributed by atoms with van der Waals surface area (Å²) < 4.78 is 0. The second kappa shape index (κ2) is 6.63. The molecule has 1 aromatic carbocycles. The van der Waals surface area contributed by atoms with E-state index >= 15 is 0 Å². The van der Waals surface area contributed by atoms with Crippen molar-refractivity contribution >= 4 is 6.03 Å². The third-order valence-electron chi connectivity index (χ3n) is 2.04. The second-order valence-electron chi connectivity index (χ2n) is 3.30. The molecule has 86 valence electrons. The molecule has 0 aliphatic carbocycles. The molecule has 0 radical (unpaired) electrons. The highest BCUT2D eigenvalue weighted by Gasteiger charge is 1.97. The Morgan fingerprint density at radius 2 is 1.94 bits per heavy atom. The van der Waals surface area contributed by atoms with Crippen LogP contribution in [0.5, 0.6) is 0 Å². The molecule has 4 nitrogen and oxygen atoms in total. The van der Waals surface area contributed by atoms with Gasteiger partial charge in [0.2, 0.25) is 0 Å². The summed E-state index contributed by atoms with van der Waals surface area (Å²) in [6.45, 7) is 2.33. The first-order valence-electron chi connectivity index (χ1n) is 5.10. The molecule has 0 aliphatic rings. The molecule has 3 N–H and O–H groups in total. The summed E-state index contributed by atoms with van der Waals surface area (Å²) in [5, 5.41) is 14.1. The zero-order valence-electron chi connectivity index (χ0n) is 9.23. The summed E-state index contributed by atoms with van der Waals surface area (Å²) in [4.78, 5) is 11.2. The Morgan fingerprint density at radius 1 is 1.31 bits per heavy atom. The van der Waals surface area contributed by atoms with Gasteiger partial charge >= 0.3 is 6.03 Å². The van der Waals surface area contributed by atoms with E-state index in [1.165, 1.54) is 0 Å². The lowest BCUT2D eigenvalue weighted by Gasteiger charge is -2.05. The first-order valence-corrected chi connectivity index (χ1v) is 5.10. The number of nitrogens with one attached hydrogen (secondary N) is 2. The minimum Gasteiger partial charge on any atom is -0.392 e. The average molecular weight is 220 g/mol.